The molecule has 7 heteroatoms. The van der Waals surface area contributed by atoms with Crippen molar-refractivity contribution in [2.45, 2.75) is 13.5 Å². The van der Waals surface area contributed by atoms with Crippen molar-refractivity contribution in [1.29, 1.82) is 0 Å². The number of carbonyl (C=O) groups is 2. The summed E-state index contributed by atoms with van der Waals surface area (Å²) in [6, 6.07) is 9.10. The van der Waals surface area contributed by atoms with Crippen LogP contribution in [-0.2, 0) is 11.3 Å². The minimum Gasteiger partial charge on any atom is -0.348 e. The van der Waals surface area contributed by atoms with E-state index in [1.165, 1.54) is 6.92 Å². The van der Waals surface area contributed by atoms with Gasteiger partial charge in [0, 0.05) is 19.0 Å². The van der Waals surface area contributed by atoms with Crippen LogP contribution in [-0.4, -0.2) is 21.6 Å². The lowest BCUT2D eigenvalue weighted by atomic mass is 10.2. The first-order valence-corrected chi connectivity index (χ1v) is 8.28. The van der Waals surface area contributed by atoms with Gasteiger partial charge in [0.15, 0.2) is 0 Å². The third-order valence-corrected chi connectivity index (χ3v) is 4.06. The lowest BCUT2D eigenvalue weighted by Gasteiger charge is -2.06. The van der Waals surface area contributed by atoms with Crippen molar-refractivity contribution < 1.29 is 9.59 Å². The Morgan fingerprint density at radius 1 is 1.21 bits per heavy atom. The number of amides is 2. The van der Waals surface area contributed by atoms with E-state index in [0.717, 1.165) is 11.3 Å². The lowest BCUT2D eigenvalue weighted by Crippen LogP contribution is -2.22. The predicted molar refractivity (Wildman–Crippen MR) is 93.4 cm³/mol. The summed E-state index contributed by atoms with van der Waals surface area (Å²) in [6.45, 7) is 1.96. The van der Waals surface area contributed by atoms with E-state index in [9.17, 15) is 9.59 Å². The van der Waals surface area contributed by atoms with E-state index in [1.807, 2.05) is 29.0 Å². The van der Waals surface area contributed by atoms with Gasteiger partial charge >= 0.3 is 0 Å². The Morgan fingerprint density at radius 2 is 2.00 bits per heavy atom. The van der Waals surface area contributed by atoms with E-state index in [4.69, 9.17) is 0 Å². The van der Waals surface area contributed by atoms with Gasteiger partial charge in [0.25, 0.3) is 5.91 Å². The molecule has 0 bridgehead atoms. The molecular weight excluding hydrogens is 324 g/mol. The largest absolute Gasteiger partial charge is 0.348 e. The molecule has 0 atom stereocenters. The fourth-order valence-corrected chi connectivity index (χ4v) is 2.84. The Bertz CT molecular complexity index is 838. The average molecular weight is 340 g/mol. The maximum atomic E-state index is 12.1. The Balaban J connectivity index is 1.65. The zero-order valence-electron chi connectivity index (χ0n) is 13.0. The summed E-state index contributed by atoms with van der Waals surface area (Å²) in [5.74, 6) is -0.264. The molecule has 6 nitrogen and oxygen atoms in total. The van der Waals surface area contributed by atoms with E-state index >= 15 is 0 Å². The second-order valence-corrected chi connectivity index (χ2v) is 6.00. The van der Waals surface area contributed by atoms with Gasteiger partial charge in [0.2, 0.25) is 5.91 Å². The summed E-state index contributed by atoms with van der Waals surface area (Å²) in [5, 5.41) is 13.7. The normalized spacial score (nSPS) is 10.4. The van der Waals surface area contributed by atoms with Crippen molar-refractivity contribution in [1.82, 2.24) is 15.1 Å². The smallest absolute Gasteiger partial charge is 0.251 e. The maximum Gasteiger partial charge on any atom is 0.251 e. The Labute approximate surface area is 143 Å². The number of nitrogens with zero attached hydrogens (tertiary/aromatic N) is 2. The number of carbonyl (C=O) groups excluding carboxylic acids is 2. The van der Waals surface area contributed by atoms with Crippen LogP contribution in [0.4, 0.5) is 5.69 Å². The predicted octanol–water partition coefficient (Wildman–Crippen LogP) is 2.82. The number of rotatable bonds is 5. The molecule has 3 aromatic rings. The van der Waals surface area contributed by atoms with E-state index in [-0.39, 0.29) is 11.8 Å². The van der Waals surface area contributed by atoms with E-state index < -0.39 is 0 Å². The zero-order chi connectivity index (χ0) is 16.9. The molecule has 0 fully saturated rings. The number of hydrogen-bond donors (Lipinski definition) is 2. The summed E-state index contributed by atoms with van der Waals surface area (Å²) < 4.78 is 1.64. The molecule has 122 valence electrons. The SMILES string of the molecule is CC(=O)Nc1cnn(-c2ccc(C(=O)NCc3ccsc3)cc2)c1. The number of anilines is 1. The van der Waals surface area contributed by atoms with Gasteiger partial charge in [0.05, 0.1) is 23.8 Å². The first-order valence-electron chi connectivity index (χ1n) is 7.34. The first kappa shape index (κ1) is 15.9. The van der Waals surface area contributed by atoms with Crippen molar-refractivity contribution in [3.63, 3.8) is 0 Å². The van der Waals surface area contributed by atoms with Crippen molar-refractivity contribution in [2.75, 3.05) is 5.32 Å². The molecule has 2 aromatic heterocycles. The molecule has 1 aromatic carbocycles. The fourth-order valence-electron chi connectivity index (χ4n) is 2.18. The van der Waals surface area contributed by atoms with Crippen LogP contribution in [0, 0.1) is 0 Å². The molecule has 0 radical (unpaired) electrons. The molecule has 0 aliphatic heterocycles. The van der Waals surface area contributed by atoms with Crippen LogP contribution in [0.25, 0.3) is 5.69 Å². The van der Waals surface area contributed by atoms with E-state index in [1.54, 1.807) is 40.5 Å². The minimum atomic E-state index is -0.146. The molecule has 0 aliphatic carbocycles. The highest BCUT2D eigenvalue weighted by molar-refractivity contribution is 7.07. The molecule has 0 saturated carbocycles. The zero-order valence-corrected chi connectivity index (χ0v) is 13.8. The molecule has 0 unspecified atom stereocenters. The summed E-state index contributed by atoms with van der Waals surface area (Å²) in [6.07, 6.45) is 3.29. The Kier molecular flexibility index (Phi) is 4.72. The van der Waals surface area contributed by atoms with Gasteiger partial charge in [-0.2, -0.15) is 16.4 Å². The van der Waals surface area contributed by atoms with Crippen molar-refractivity contribution in [2.24, 2.45) is 0 Å². The minimum absolute atomic E-state index is 0.118. The van der Waals surface area contributed by atoms with Gasteiger partial charge in [-0.05, 0) is 46.7 Å². The number of nitrogens with one attached hydrogen (secondary N) is 2. The summed E-state index contributed by atoms with van der Waals surface area (Å²) >= 11 is 1.60. The second kappa shape index (κ2) is 7.10. The monoisotopic (exact) mass is 340 g/mol. The number of aromatic nitrogens is 2. The summed E-state index contributed by atoms with van der Waals surface area (Å²) in [7, 11) is 0. The molecular formula is C17H16N4O2S. The summed E-state index contributed by atoms with van der Waals surface area (Å²) in [5.41, 5.74) is 3.11. The maximum absolute atomic E-state index is 12.1. The van der Waals surface area contributed by atoms with Gasteiger partial charge in [-0.3, -0.25) is 9.59 Å². The molecule has 3 rings (SSSR count). The van der Waals surface area contributed by atoms with Gasteiger partial charge in [-0.1, -0.05) is 0 Å². The van der Waals surface area contributed by atoms with E-state index in [2.05, 4.69) is 15.7 Å². The van der Waals surface area contributed by atoms with Crippen LogP contribution < -0.4 is 10.6 Å². The van der Waals surface area contributed by atoms with Crippen LogP contribution >= 0.6 is 11.3 Å². The quantitative estimate of drug-likeness (QED) is 0.750. The topological polar surface area (TPSA) is 76.0 Å². The molecule has 2 heterocycles. The van der Waals surface area contributed by atoms with E-state index in [0.29, 0.717) is 17.8 Å². The van der Waals surface area contributed by atoms with Crippen LogP contribution in [0.15, 0.2) is 53.5 Å². The fraction of sp³-hybridized carbons (Fsp3) is 0.118. The number of hydrogen-bond acceptors (Lipinski definition) is 4. The average Bonchev–Trinajstić information content (AvgIpc) is 3.24. The lowest BCUT2D eigenvalue weighted by molar-refractivity contribution is -0.114. The molecule has 0 aliphatic rings. The highest BCUT2D eigenvalue weighted by atomic mass is 32.1. The number of benzene rings is 1. The molecule has 2 amide bonds. The van der Waals surface area contributed by atoms with Crippen molar-refractivity contribution >= 4 is 28.8 Å². The van der Waals surface area contributed by atoms with Gasteiger partial charge in [0.1, 0.15) is 0 Å². The van der Waals surface area contributed by atoms with Crippen LogP contribution in [0.5, 0.6) is 0 Å². The highest BCUT2D eigenvalue weighted by Crippen LogP contribution is 2.13. The third-order valence-electron chi connectivity index (χ3n) is 3.33. The molecule has 2 N–H and O–H groups in total. The van der Waals surface area contributed by atoms with Gasteiger partial charge in [-0.25, -0.2) is 4.68 Å². The highest BCUT2D eigenvalue weighted by Gasteiger charge is 2.07. The molecule has 0 spiro atoms. The first-order chi connectivity index (χ1) is 11.6. The van der Waals surface area contributed by atoms with Crippen LogP contribution in [0.1, 0.15) is 22.8 Å². The van der Waals surface area contributed by atoms with Crippen LogP contribution in [0.3, 0.4) is 0 Å². The van der Waals surface area contributed by atoms with Crippen LogP contribution in [0.2, 0.25) is 0 Å². The Morgan fingerprint density at radius 3 is 2.67 bits per heavy atom. The standard InChI is InChI=1S/C17H16N4O2S/c1-12(22)20-15-9-19-21(10-15)16-4-2-14(3-5-16)17(23)18-8-13-6-7-24-11-13/h2-7,9-11H,8H2,1H3,(H,18,23)(H,20,22). The second-order valence-electron chi connectivity index (χ2n) is 5.22. The van der Waals surface area contributed by atoms with Crippen molar-refractivity contribution in [3.05, 3.63) is 64.6 Å². The Hall–Kier alpha value is -2.93. The molecule has 24 heavy (non-hydrogen) atoms. The van der Waals surface area contributed by atoms with Gasteiger partial charge < -0.3 is 10.6 Å². The molecule has 0 saturated heterocycles. The van der Waals surface area contributed by atoms with Crippen molar-refractivity contribution in [3.8, 4) is 5.69 Å². The summed E-state index contributed by atoms with van der Waals surface area (Å²) in [4.78, 5) is 23.2. The number of thiophene rings is 1. The third kappa shape index (κ3) is 3.88. The van der Waals surface area contributed by atoms with Gasteiger partial charge in [-0.15, -0.1) is 0 Å².